The molecule has 2 aliphatic carbocycles. The summed E-state index contributed by atoms with van der Waals surface area (Å²) in [4.78, 5) is 4.66. The molecule has 51 heavy (non-hydrogen) atoms. The molecule has 0 heterocycles. The minimum atomic E-state index is -0.202. The van der Waals surface area contributed by atoms with Gasteiger partial charge >= 0.3 is 0 Å². The number of para-hydroxylation sites is 4. The van der Waals surface area contributed by atoms with Crippen molar-refractivity contribution in [3.8, 4) is 11.1 Å². The zero-order chi connectivity index (χ0) is 35.3. The van der Waals surface area contributed by atoms with Gasteiger partial charge < -0.3 is 9.80 Å². The molecular formula is C49H44N2. The van der Waals surface area contributed by atoms with Gasteiger partial charge in [-0.15, -0.1) is 0 Å². The van der Waals surface area contributed by atoms with Crippen molar-refractivity contribution in [3.05, 3.63) is 204 Å². The summed E-state index contributed by atoms with van der Waals surface area (Å²) in [6.07, 6.45) is 4.35. The van der Waals surface area contributed by atoms with E-state index in [0.717, 1.165) is 28.4 Å². The second-order valence-electron chi connectivity index (χ2n) is 14.7. The normalized spacial score (nSPS) is 15.2. The Balaban J connectivity index is 1.23. The maximum atomic E-state index is 4.31. The fourth-order valence-corrected chi connectivity index (χ4v) is 8.35. The molecule has 2 heteroatoms. The van der Waals surface area contributed by atoms with Gasteiger partial charge in [0, 0.05) is 45.0 Å². The molecule has 2 aliphatic rings. The molecule has 250 valence electrons. The third kappa shape index (κ3) is 5.34. The van der Waals surface area contributed by atoms with E-state index in [2.05, 4.69) is 209 Å². The highest BCUT2D eigenvalue weighted by molar-refractivity contribution is 5.91. The highest BCUT2D eigenvalue weighted by Gasteiger charge is 2.42. The topological polar surface area (TPSA) is 6.48 Å². The first-order chi connectivity index (χ1) is 24.7. The van der Waals surface area contributed by atoms with Crippen LogP contribution in [0.25, 0.3) is 16.7 Å². The number of rotatable bonds is 8. The third-order valence-electron chi connectivity index (χ3n) is 11.0. The predicted octanol–water partition coefficient (Wildman–Crippen LogP) is 13.4. The molecule has 6 aromatic carbocycles. The molecule has 8 rings (SSSR count). The van der Waals surface area contributed by atoms with Crippen molar-refractivity contribution in [1.29, 1.82) is 0 Å². The number of allylic oxidation sites excluding steroid dienone is 4. The lowest BCUT2D eigenvalue weighted by molar-refractivity contribution is 0.646. The van der Waals surface area contributed by atoms with Crippen LogP contribution in [0, 0.1) is 0 Å². The highest BCUT2D eigenvalue weighted by atomic mass is 15.1. The minimum absolute atomic E-state index is 0.165. The summed E-state index contributed by atoms with van der Waals surface area (Å²) in [7, 11) is 0. The monoisotopic (exact) mass is 660 g/mol. The van der Waals surface area contributed by atoms with Crippen LogP contribution in [0.2, 0.25) is 0 Å². The van der Waals surface area contributed by atoms with E-state index >= 15 is 0 Å². The minimum Gasteiger partial charge on any atom is -0.311 e. The smallest absolute Gasteiger partial charge is 0.0465 e. The molecule has 6 aromatic rings. The van der Waals surface area contributed by atoms with E-state index in [-0.39, 0.29) is 10.8 Å². The number of hydrogen-bond acceptors (Lipinski definition) is 2. The summed E-state index contributed by atoms with van der Waals surface area (Å²) in [6, 6.07) is 54.5. The average molecular weight is 661 g/mol. The highest BCUT2D eigenvalue weighted by Crippen LogP contribution is 2.56. The van der Waals surface area contributed by atoms with Crippen LogP contribution in [-0.2, 0) is 10.8 Å². The maximum Gasteiger partial charge on any atom is 0.0465 e. The zero-order valence-corrected chi connectivity index (χ0v) is 30.2. The fourth-order valence-electron chi connectivity index (χ4n) is 8.35. The molecule has 0 amide bonds. The van der Waals surface area contributed by atoms with Gasteiger partial charge in [-0.1, -0.05) is 113 Å². The summed E-state index contributed by atoms with van der Waals surface area (Å²) in [6.45, 7) is 16.1. The van der Waals surface area contributed by atoms with Crippen LogP contribution in [0.1, 0.15) is 56.9 Å². The molecule has 0 fully saturated rings. The lowest BCUT2D eigenvalue weighted by Gasteiger charge is -2.29. The van der Waals surface area contributed by atoms with E-state index in [1.54, 1.807) is 0 Å². The van der Waals surface area contributed by atoms with Gasteiger partial charge in [-0.25, -0.2) is 0 Å². The van der Waals surface area contributed by atoms with Crippen LogP contribution >= 0.6 is 0 Å². The SMILES string of the molecule is C=C/C(=C\C1=C(C)c2cc3c(cc2C1(C)C)-c1ccc(N(c2ccccc2)c2ccccc2)cc1C3(C)C)N(c1ccccc1)c1ccccc1. The van der Waals surface area contributed by atoms with E-state index < -0.39 is 0 Å². The Morgan fingerprint density at radius 2 is 0.941 bits per heavy atom. The molecule has 0 bridgehead atoms. The van der Waals surface area contributed by atoms with Gasteiger partial charge in [0.05, 0.1) is 0 Å². The molecule has 0 N–H and O–H groups in total. The van der Waals surface area contributed by atoms with Crippen molar-refractivity contribution < 1.29 is 0 Å². The summed E-state index contributed by atoms with van der Waals surface area (Å²) in [5.41, 5.74) is 17.2. The van der Waals surface area contributed by atoms with Gasteiger partial charge in [-0.3, -0.25) is 0 Å². The molecule has 0 saturated heterocycles. The van der Waals surface area contributed by atoms with E-state index in [0.29, 0.717) is 0 Å². The number of hydrogen-bond donors (Lipinski definition) is 0. The van der Waals surface area contributed by atoms with Crippen molar-refractivity contribution >= 4 is 34.0 Å². The fraction of sp³-hybridized carbons (Fsp3) is 0.143. The second-order valence-corrected chi connectivity index (χ2v) is 14.7. The Labute approximate surface area is 303 Å². The molecule has 0 atom stereocenters. The first-order valence-corrected chi connectivity index (χ1v) is 17.9. The maximum absolute atomic E-state index is 4.31. The summed E-state index contributed by atoms with van der Waals surface area (Å²) >= 11 is 0. The zero-order valence-electron chi connectivity index (χ0n) is 30.2. The van der Waals surface area contributed by atoms with Gasteiger partial charge in [-0.05, 0) is 136 Å². The van der Waals surface area contributed by atoms with E-state index in [4.69, 9.17) is 0 Å². The largest absolute Gasteiger partial charge is 0.311 e. The quantitative estimate of drug-likeness (QED) is 0.150. The number of nitrogens with zero attached hydrogens (tertiary/aromatic N) is 2. The van der Waals surface area contributed by atoms with Crippen LogP contribution in [0.5, 0.6) is 0 Å². The first kappa shape index (κ1) is 32.4. The van der Waals surface area contributed by atoms with Crippen LogP contribution in [0.15, 0.2) is 182 Å². The Bertz CT molecular complexity index is 2230. The van der Waals surface area contributed by atoms with Crippen molar-refractivity contribution in [2.75, 3.05) is 9.80 Å². The lowest BCUT2D eigenvalue weighted by atomic mass is 9.78. The van der Waals surface area contributed by atoms with Crippen molar-refractivity contribution in [3.63, 3.8) is 0 Å². The third-order valence-corrected chi connectivity index (χ3v) is 11.0. The second kappa shape index (κ2) is 12.5. The van der Waals surface area contributed by atoms with Crippen molar-refractivity contribution in [1.82, 2.24) is 0 Å². The standard InChI is InChI=1S/C49H44N2/c1-7-35(50(36-20-12-8-13-21-36)37-22-14-9-15-23-37)30-44-34(2)42-32-47-43(33-46(42)48(44,3)4)41-29-28-40(31-45(41)49(47,5)6)51(38-24-16-10-17-25-38)39-26-18-11-19-27-39/h7-33H,1H2,2-6H3/b35-30+. The molecule has 0 unspecified atom stereocenters. The predicted molar refractivity (Wildman–Crippen MR) is 218 cm³/mol. The van der Waals surface area contributed by atoms with E-state index in [9.17, 15) is 0 Å². The first-order valence-electron chi connectivity index (χ1n) is 17.9. The van der Waals surface area contributed by atoms with E-state index in [1.165, 1.54) is 50.2 Å². The van der Waals surface area contributed by atoms with Crippen molar-refractivity contribution in [2.45, 2.75) is 45.4 Å². The Morgan fingerprint density at radius 3 is 1.45 bits per heavy atom. The van der Waals surface area contributed by atoms with Gasteiger partial charge in [0.25, 0.3) is 0 Å². The molecule has 0 aliphatic heterocycles. The van der Waals surface area contributed by atoms with E-state index in [1.807, 2.05) is 6.08 Å². The van der Waals surface area contributed by atoms with Gasteiger partial charge in [-0.2, -0.15) is 0 Å². The summed E-state index contributed by atoms with van der Waals surface area (Å²) < 4.78 is 0. The van der Waals surface area contributed by atoms with Crippen LogP contribution in [0.4, 0.5) is 28.4 Å². The Hall–Kier alpha value is -5.86. The molecule has 0 spiro atoms. The molecule has 0 aromatic heterocycles. The van der Waals surface area contributed by atoms with Gasteiger partial charge in [0.2, 0.25) is 0 Å². The van der Waals surface area contributed by atoms with Crippen LogP contribution in [-0.4, -0.2) is 0 Å². The number of anilines is 5. The van der Waals surface area contributed by atoms with Crippen LogP contribution < -0.4 is 9.80 Å². The molecule has 2 nitrogen and oxygen atoms in total. The number of benzene rings is 6. The van der Waals surface area contributed by atoms with Crippen molar-refractivity contribution in [2.24, 2.45) is 0 Å². The van der Waals surface area contributed by atoms with Crippen LogP contribution in [0.3, 0.4) is 0 Å². The van der Waals surface area contributed by atoms with Gasteiger partial charge in [0.1, 0.15) is 0 Å². The molecular weight excluding hydrogens is 617 g/mol. The lowest BCUT2D eigenvalue weighted by Crippen LogP contribution is -2.20. The summed E-state index contributed by atoms with van der Waals surface area (Å²) in [5.74, 6) is 0. The Kier molecular flexibility index (Phi) is 7.91. The molecule has 0 radical (unpaired) electrons. The summed E-state index contributed by atoms with van der Waals surface area (Å²) in [5, 5.41) is 0. The molecule has 0 saturated carbocycles. The Morgan fingerprint density at radius 1 is 0.490 bits per heavy atom. The average Bonchev–Trinajstić information content (AvgIpc) is 3.49. The number of fused-ring (bicyclic) bond motifs is 4. The van der Waals surface area contributed by atoms with Gasteiger partial charge in [0.15, 0.2) is 0 Å².